The standard InChI is InChI=1S/C28H33FN2O6/c1-3-28(4-2,27(35)36)17-25(32)31(14-6-9-26(33)34)22-7-5-8-23(16-22)37-18-21-13-11-19-10-12-20(29)15-24(19)30-21/h5,7-8,10-13,15-16,25,32H,3-4,6,9,14,17-18H2,1-2H3,(H,33,34)(H,35,36). The molecule has 3 rings (SSSR count). The molecule has 198 valence electrons. The Morgan fingerprint density at radius 2 is 1.81 bits per heavy atom. The van der Waals surface area contributed by atoms with E-state index in [1.165, 1.54) is 12.1 Å². The highest BCUT2D eigenvalue weighted by atomic mass is 19.1. The van der Waals surface area contributed by atoms with Gasteiger partial charge in [-0.15, -0.1) is 0 Å². The van der Waals surface area contributed by atoms with Gasteiger partial charge in [0.1, 0.15) is 24.4 Å². The molecule has 3 aromatic rings. The third kappa shape index (κ3) is 7.16. The van der Waals surface area contributed by atoms with E-state index in [9.17, 15) is 24.2 Å². The van der Waals surface area contributed by atoms with Crippen LogP contribution in [0.25, 0.3) is 10.9 Å². The van der Waals surface area contributed by atoms with Gasteiger partial charge in [0.15, 0.2) is 0 Å². The Balaban J connectivity index is 1.80. The van der Waals surface area contributed by atoms with E-state index < -0.39 is 23.6 Å². The molecule has 0 fully saturated rings. The van der Waals surface area contributed by atoms with Gasteiger partial charge >= 0.3 is 11.9 Å². The molecule has 9 heteroatoms. The van der Waals surface area contributed by atoms with Gasteiger partial charge in [-0.25, -0.2) is 9.37 Å². The lowest BCUT2D eigenvalue weighted by Crippen LogP contribution is -2.43. The molecule has 0 aliphatic heterocycles. The minimum atomic E-state index is -1.14. The number of aliphatic carboxylic acids is 2. The van der Waals surface area contributed by atoms with Crippen LogP contribution in [0.15, 0.2) is 54.6 Å². The van der Waals surface area contributed by atoms with Crippen molar-refractivity contribution in [2.45, 2.75) is 58.8 Å². The molecule has 1 unspecified atom stereocenters. The van der Waals surface area contributed by atoms with Crippen LogP contribution in [-0.2, 0) is 16.2 Å². The summed E-state index contributed by atoms with van der Waals surface area (Å²) in [5.41, 5.74) is 0.616. The summed E-state index contributed by atoms with van der Waals surface area (Å²) in [6, 6.07) is 15.0. The van der Waals surface area contributed by atoms with Gasteiger partial charge in [0.2, 0.25) is 0 Å². The lowest BCUT2D eigenvalue weighted by Gasteiger charge is -2.36. The van der Waals surface area contributed by atoms with Gasteiger partial charge < -0.3 is 25.0 Å². The number of carbonyl (C=O) groups is 2. The van der Waals surface area contributed by atoms with E-state index in [4.69, 9.17) is 9.84 Å². The Labute approximate surface area is 215 Å². The lowest BCUT2D eigenvalue weighted by atomic mass is 9.78. The average Bonchev–Trinajstić information content (AvgIpc) is 2.88. The van der Waals surface area contributed by atoms with Crippen LogP contribution in [-0.4, -0.2) is 45.0 Å². The van der Waals surface area contributed by atoms with Crippen LogP contribution < -0.4 is 9.64 Å². The van der Waals surface area contributed by atoms with E-state index in [2.05, 4.69) is 4.98 Å². The Hall–Kier alpha value is -3.72. The molecule has 0 saturated carbocycles. The van der Waals surface area contributed by atoms with Crippen molar-refractivity contribution >= 4 is 28.5 Å². The van der Waals surface area contributed by atoms with Gasteiger partial charge in [0.25, 0.3) is 0 Å². The van der Waals surface area contributed by atoms with Gasteiger partial charge in [0.05, 0.1) is 16.6 Å². The number of nitrogens with zero attached hydrogens (tertiary/aromatic N) is 2. The van der Waals surface area contributed by atoms with Crippen LogP contribution in [0.2, 0.25) is 0 Å². The fourth-order valence-electron chi connectivity index (χ4n) is 4.36. The van der Waals surface area contributed by atoms with Crippen LogP contribution in [0, 0.1) is 11.2 Å². The Kier molecular flexibility index (Phi) is 9.41. The zero-order valence-electron chi connectivity index (χ0n) is 21.1. The topological polar surface area (TPSA) is 120 Å². The quantitative estimate of drug-likeness (QED) is 0.251. The van der Waals surface area contributed by atoms with Crippen LogP contribution in [0.5, 0.6) is 5.75 Å². The van der Waals surface area contributed by atoms with Crippen molar-refractivity contribution in [1.82, 2.24) is 4.98 Å². The normalized spacial score (nSPS) is 12.3. The number of pyridine rings is 1. The van der Waals surface area contributed by atoms with Crippen molar-refractivity contribution < 1.29 is 34.0 Å². The van der Waals surface area contributed by atoms with Crippen molar-refractivity contribution in [3.05, 3.63) is 66.1 Å². The maximum absolute atomic E-state index is 13.6. The summed E-state index contributed by atoms with van der Waals surface area (Å²) in [7, 11) is 0. The number of aliphatic hydroxyl groups excluding tert-OH is 1. The fraction of sp³-hybridized carbons (Fsp3) is 0.393. The highest BCUT2D eigenvalue weighted by Crippen LogP contribution is 2.35. The number of carboxylic acid groups (broad SMARTS) is 2. The molecule has 0 aliphatic rings. The van der Waals surface area contributed by atoms with E-state index in [1.54, 1.807) is 55.1 Å². The number of hydrogen-bond acceptors (Lipinski definition) is 6. The zero-order valence-corrected chi connectivity index (χ0v) is 21.1. The summed E-state index contributed by atoms with van der Waals surface area (Å²) in [6.45, 7) is 3.91. The highest BCUT2D eigenvalue weighted by molar-refractivity contribution is 5.78. The van der Waals surface area contributed by atoms with Gasteiger partial charge in [-0.1, -0.05) is 26.0 Å². The van der Waals surface area contributed by atoms with Crippen molar-refractivity contribution in [1.29, 1.82) is 0 Å². The SMILES string of the molecule is CCC(CC)(CC(O)N(CCCC(=O)O)c1cccc(OCc2ccc3ccc(F)cc3n2)c1)C(=O)O. The molecular weight excluding hydrogens is 479 g/mol. The van der Waals surface area contributed by atoms with Crippen LogP contribution in [0.4, 0.5) is 10.1 Å². The van der Waals surface area contributed by atoms with Crippen molar-refractivity contribution in [2.24, 2.45) is 5.41 Å². The van der Waals surface area contributed by atoms with Crippen LogP contribution in [0.3, 0.4) is 0 Å². The largest absolute Gasteiger partial charge is 0.487 e. The molecular formula is C28H33FN2O6. The number of ether oxygens (including phenoxy) is 1. The monoisotopic (exact) mass is 512 g/mol. The molecule has 0 amide bonds. The number of anilines is 1. The van der Waals surface area contributed by atoms with Crippen LogP contribution >= 0.6 is 0 Å². The van der Waals surface area contributed by atoms with Gasteiger partial charge in [-0.2, -0.15) is 0 Å². The number of fused-ring (bicyclic) bond motifs is 1. The second-order valence-electron chi connectivity index (χ2n) is 9.09. The molecule has 1 heterocycles. The van der Waals surface area contributed by atoms with Gasteiger partial charge in [-0.05, 0) is 49.6 Å². The average molecular weight is 513 g/mol. The first-order valence-electron chi connectivity index (χ1n) is 12.4. The first-order chi connectivity index (χ1) is 17.7. The fourth-order valence-corrected chi connectivity index (χ4v) is 4.36. The van der Waals surface area contributed by atoms with E-state index in [0.717, 1.165) is 5.39 Å². The number of aromatic nitrogens is 1. The zero-order chi connectivity index (χ0) is 27.0. The second-order valence-corrected chi connectivity index (χ2v) is 9.09. The van der Waals surface area contributed by atoms with E-state index >= 15 is 0 Å². The van der Waals surface area contributed by atoms with E-state index in [-0.39, 0.29) is 38.2 Å². The molecule has 2 aromatic carbocycles. The van der Waals surface area contributed by atoms with Crippen molar-refractivity contribution in [2.75, 3.05) is 11.4 Å². The third-order valence-corrected chi connectivity index (χ3v) is 6.78. The number of halogens is 1. The summed E-state index contributed by atoms with van der Waals surface area (Å²) >= 11 is 0. The maximum Gasteiger partial charge on any atom is 0.309 e. The Morgan fingerprint density at radius 1 is 1.08 bits per heavy atom. The minimum absolute atomic E-state index is 0.00887. The third-order valence-electron chi connectivity index (χ3n) is 6.78. The van der Waals surface area contributed by atoms with Crippen molar-refractivity contribution in [3.63, 3.8) is 0 Å². The lowest BCUT2D eigenvalue weighted by molar-refractivity contribution is -0.151. The van der Waals surface area contributed by atoms with E-state index in [1.807, 2.05) is 6.07 Å². The number of aliphatic hydroxyl groups is 1. The number of rotatable bonds is 14. The molecule has 0 spiro atoms. The summed E-state index contributed by atoms with van der Waals surface area (Å²) in [5, 5.41) is 30.8. The van der Waals surface area contributed by atoms with Crippen LogP contribution in [0.1, 0.15) is 51.6 Å². The minimum Gasteiger partial charge on any atom is -0.487 e. The van der Waals surface area contributed by atoms with Gasteiger partial charge in [-0.3, -0.25) is 9.59 Å². The molecule has 3 N–H and O–H groups in total. The number of carboxylic acids is 2. The van der Waals surface area contributed by atoms with Gasteiger partial charge in [0, 0.05) is 42.6 Å². The molecule has 1 atom stereocenters. The Bertz CT molecular complexity index is 1230. The van der Waals surface area contributed by atoms with E-state index in [0.29, 0.717) is 35.5 Å². The Morgan fingerprint density at radius 3 is 2.49 bits per heavy atom. The summed E-state index contributed by atoms with van der Waals surface area (Å²) < 4.78 is 19.5. The number of benzene rings is 2. The molecule has 1 aromatic heterocycles. The molecule has 37 heavy (non-hydrogen) atoms. The predicted molar refractivity (Wildman–Crippen MR) is 138 cm³/mol. The van der Waals surface area contributed by atoms with Crippen molar-refractivity contribution in [3.8, 4) is 5.75 Å². The smallest absolute Gasteiger partial charge is 0.309 e. The highest BCUT2D eigenvalue weighted by Gasteiger charge is 2.38. The summed E-state index contributed by atoms with van der Waals surface area (Å²) in [6.07, 6.45) is -0.260. The number of hydrogen-bond donors (Lipinski definition) is 3. The molecule has 0 bridgehead atoms. The molecule has 0 radical (unpaired) electrons. The predicted octanol–water partition coefficient (Wildman–Crippen LogP) is 5.22. The summed E-state index contributed by atoms with van der Waals surface area (Å²) in [4.78, 5) is 29.1. The second kappa shape index (κ2) is 12.5. The first kappa shape index (κ1) is 27.9. The molecule has 0 aliphatic carbocycles. The summed E-state index contributed by atoms with van der Waals surface area (Å²) in [5.74, 6) is -1.80. The molecule has 0 saturated heterocycles. The maximum atomic E-state index is 13.6. The molecule has 8 nitrogen and oxygen atoms in total. The first-order valence-corrected chi connectivity index (χ1v) is 12.4.